The first-order valence-corrected chi connectivity index (χ1v) is 9.72. The first-order chi connectivity index (χ1) is 13.0. The van der Waals surface area contributed by atoms with E-state index in [4.69, 9.17) is 5.11 Å². The summed E-state index contributed by atoms with van der Waals surface area (Å²) in [4.78, 5) is 34.9. The van der Waals surface area contributed by atoms with Crippen LogP contribution in [0.4, 0.5) is 11.4 Å². The fourth-order valence-corrected chi connectivity index (χ4v) is 2.93. The molecule has 0 fully saturated rings. The largest absolute Gasteiger partial charge is 0.480 e. The van der Waals surface area contributed by atoms with E-state index in [1.54, 1.807) is 0 Å². The third-order valence-electron chi connectivity index (χ3n) is 4.46. The zero-order chi connectivity index (χ0) is 20.1. The van der Waals surface area contributed by atoms with Crippen LogP contribution in [-0.2, 0) is 9.59 Å². The van der Waals surface area contributed by atoms with Gasteiger partial charge in [0.15, 0.2) is 0 Å². The molecule has 7 nitrogen and oxygen atoms in total. The van der Waals surface area contributed by atoms with Gasteiger partial charge < -0.3 is 10.0 Å². The topological polar surface area (TPSA) is 101 Å². The lowest BCUT2D eigenvalue weighted by Gasteiger charge is -2.20. The van der Waals surface area contributed by atoms with Gasteiger partial charge in [0.1, 0.15) is 6.54 Å². The average Bonchev–Trinajstić information content (AvgIpc) is 2.64. The van der Waals surface area contributed by atoms with E-state index in [1.165, 1.54) is 67.7 Å². The van der Waals surface area contributed by atoms with Gasteiger partial charge in [-0.15, -0.1) is 0 Å². The van der Waals surface area contributed by atoms with Crippen molar-refractivity contribution >= 4 is 23.3 Å². The molecule has 0 aliphatic heterocycles. The number of hydrogen-bond acceptors (Lipinski definition) is 4. The van der Waals surface area contributed by atoms with Gasteiger partial charge in [-0.2, -0.15) is 0 Å². The molecule has 0 aliphatic rings. The summed E-state index contributed by atoms with van der Waals surface area (Å²) in [5, 5.41) is 19.8. The number of benzene rings is 1. The first kappa shape index (κ1) is 22.6. The van der Waals surface area contributed by atoms with Crippen LogP contribution >= 0.6 is 0 Å². The smallest absolute Gasteiger partial charge is 0.323 e. The predicted molar refractivity (Wildman–Crippen MR) is 105 cm³/mol. The van der Waals surface area contributed by atoms with E-state index in [0.29, 0.717) is 5.69 Å². The summed E-state index contributed by atoms with van der Waals surface area (Å²) in [5.74, 6) is -1.39. The molecule has 1 N–H and O–H groups in total. The number of hydrogen-bond donors (Lipinski definition) is 1. The number of carbonyl (C=O) groups excluding carboxylic acids is 1. The van der Waals surface area contributed by atoms with Crippen molar-refractivity contribution in [3.8, 4) is 0 Å². The average molecular weight is 378 g/mol. The monoisotopic (exact) mass is 378 g/mol. The summed E-state index contributed by atoms with van der Waals surface area (Å²) in [6, 6.07) is 5.37. The Bertz CT molecular complexity index is 601. The van der Waals surface area contributed by atoms with E-state index in [0.717, 1.165) is 19.3 Å². The Morgan fingerprint density at radius 2 is 1.48 bits per heavy atom. The van der Waals surface area contributed by atoms with Crippen LogP contribution in [0.5, 0.6) is 0 Å². The third kappa shape index (κ3) is 9.17. The highest BCUT2D eigenvalue weighted by Gasteiger charge is 2.19. The lowest BCUT2D eigenvalue weighted by atomic mass is 10.1. The second kappa shape index (κ2) is 12.8. The van der Waals surface area contributed by atoms with Gasteiger partial charge >= 0.3 is 5.97 Å². The Labute approximate surface area is 160 Å². The number of carboxylic acid groups (broad SMARTS) is 1. The standard InChI is InChI=1S/C20H30N2O5/c1-2-3-4-5-6-7-8-9-10-11-19(23)21(16-20(24)25)17-12-14-18(15-13-17)22(26)27/h12-15H,2-11,16H2,1H3,(H,24,25). The number of nitrogens with zero attached hydrogens (tertiary/aromatic N) is 2. The summed E-state index contributed by atoms with van der Waals surface area (Å²) in [6.45, 7) is 1.75. The molecule has 0 aliphatic carbocycles. The van der Waals surface area contributed by atoms with Crippen LogP contribution in [0.3, 0.4) is 0 Å². The van der Waals surface area contributed by atoms with Crippen molar-refractivity contribution in [2.45, 2.75) is 71.1 Å². The molecule has 0 atom stereocenters. The molecular weight excluding hydrogens is 348 g/mol. The minimum Gasteiger partial charge on any atom is -0.480 e. The van der Waals surface area contributed by atoms with Gasteiger partial charge in [-0.3, -0.25) is 19.7 Å². The van der Waals surface area contributed by atoms with Crippen LogP contribution < -0.4 is 4.90 Å². The van der Waals surface area contributed by atoms with Crippen LogP contribution in [0.1, 0.15) is 71.1 Å². The van der Waals surface area contributed by atoms with E-state index >= 15 is 0 Å². The van der Waals surface area contributed by atoms with Gasteiger partial charge in [-0.1, -0.05) is 58.3 Å². The Morgan fingerprint density at radius 1 is 0.963 bits per heavy atom. The molecule has 150 valence electrons. The van der Waals surface area contributed by atoms with Crippen molar-refractivity contribution < 1.29 is 19.6 Å². The number of aliphatic carboxylic acids is 1. The van der Waals surface area contributed by atoms with Crippen LogP contribution in [0.25, 0.3) is 0 Å². The van der Waals surface area contributed by atoms with Crippen molar-refractivity contribution in [2.24, 2.45) is 0 Å². The van der Waals surface area contributed by atoms with Gasteiger partial charge in [0.05, 0.1) is 4.92 Å². The van der Waals surface area contributed by atoms with Crippen molar-refractivity contribution in [2.75, 3.05) is 11.4 Å². The molecule has 0 saturated heterocycles. The number of anilines is 1. The number of amides is 1. The Hall–Kier alpha value is -2.44. The molecule has 0 aromatic heterocycles. The predicted octanol–water partition coefficient (Wildman–Crippen LogP) is 4.93. The summed E-state index contributed by atoms with van der Waals surface area (Å²) >= 11 is 0. The molecule has 1 rings (SSSR count). The zero-order valence-corrected chi connectivity index (χ0v) is 16.1. The molecule has 1 aromatic carbocycles. The van der Waals surface area contributed by atoms with Crippen molar-refractivity contribution in [1.29, 1.82) is 0 Å². The number of rotatable bonds is 14. The van der Waals surface area contributed by atoms with Crippen molar-refractivity contribution in [3.63, 3.8) is 0 Å². The molecule has 7 heteroatoms. The second-order valence-corrected chi connectivity index (χ2v) is 6.73. The number of nitro benzene ring substituents is 1. The number of non-ortho nitro benzene ring substituents is 1. The number of unbranched alkanes of at least 4 members (excludes halogenated alkanes) is 8. The molecule has 1 amide bonds. The first-order valence-electron chi connectivity index (χ1n) is 9.72. The maximum Gasteiger partial charge on any atom is 0.323 e. The number of carboxylic acids is 1. The van der Waals surface area contributed by atoms with Crippen molar-refractivity contribution in [3.05, 3.63) is 34.4 Å². The molecule has 0 radical (unpaired) electrons. The van der Waals surface area contributed by atoms with Gasteiger partial charge in [0, 0.05) is 24.2 Å². The van der Waals surface area contributed by atoms with Crippen LogP contribution in [0.2, 0.25) is 0 Å². The fourth-order valence-electron chi connectivity index (χ4n) is 2.93. The normalized spacial score (nSPS) is 10.6. The highest BCUT2D eigenvalue weighted by molar-refractivity contribution is 5.97. The summed E-state index contributed by atoms with van der Waals surface area (Å²) in [6.07, 6.45) is 10.5. The SMILES string of the molecule is CCCCCCCCCCCC(=O)N(CC(=O)O)c1ccc([N+](=O)[O-])cc1. The summed E-state index contributed by atoms with van der Waals surface area (Å²) < 4.78 is 0. The van der Waals surface area contributed by atoms with E-state index in [1.807, 2.05) is 0 Å². The lowest BCUT2D eigenvalue weighted by molar-refractivity contribution is -0.384. The van der Waals surface area contributed by atoms with E-state index in [-0.39, 0.29) is 18.0 Å². The zero-order valence-electron chi connectivity index (χ0n) is 16.1. The summed E-state index contributed by atoms with van der Waals surface area (Å²) in [5.41, 5.74) is 0.268. The molecule has 0 saturated carbocycles. The highest BCUT2D eigenvalue weighted by Crippen LogP contribution is 2.21. The minimum atomic E-state index is -1.12. The Kier molecular flexibility index (Phi) is 10.7. The van der Waals surface area contributed by atoms with Crippen LogP contribution in [0.15, 0.2) is 24.3 Å². The van der Waals surface area contributed by atoms with Gasteiger partial charge in [0.25, 0.3) is 5.69 Å². The number of nitro groups is 1. The van der Waals surface area contributed by atoms with E-state index < -0.39 is 17.4 Å². The number of carbonyl (C=O) groups is 2. The van der Waals surface area contributed by atoms with Gasteiger partial charge in [-0.25, -0.2) is 0 Å². The highest BCUT2D eigenvalue weighted by atomic mass is 16.6. The molecule has 27 heavy (non-hydrogen) atoms. The fraction of sp³-hybridized carbons (Fsp3) is 0.600. The Morgan fingerprint density at radius 3 is 1.96 bits per heavy atom. The Balaban J connectivity index is 2.44. The second-order valence-electron chi connectivity index (χ2n) is 6.73. The quantitative estimate of drug-likeness (QED) is 0.281. The van der Waals surface area contributed by atoms with Crippen LogP contribution in [0, 0.1) is 10.1 Å². The lowest BCUT2D eigenvalue weighted by Crippen LogP contribution is -2.35. The third-order valence-corrected chi connectivity index (χ3v) is 4.46. The molecule has 0 spiro atoms. The molecule has 0 unspecified atom stereocenters. The maximum absolute atomic E-state index is 12.4. The molecule has 0 heterocycles. The van der Waals surface area contributed by atoms with Gasteiger partial charge in [-0.05, 0) is 18.6 Å². The summed E-state index contributed by atoms with van der Waals surface area (Å²) in [7, 11) is 0. The van der Waals surface area contributed by atoms with Crippen LogP contribution in [-0.4, -0.2) is 28.5 Å². The minimum absolute atomic E-state index is 0.0968. The van der Waals surface area contributed by atoms with Gasteiger partial charge in [0.2, 0.25) is 5.91 Å². The molecule has 0 bridgehead atoms. The van der Waals surface area contributed by atoms with Crippen molar-refractivity contribution in [1.82, 2.24) is 0 Å². The molecule has 1 aromatic rings. The molecular formula is C20H30N2O5. The van der Waals surface area contributed by atoms with E-state index in [2.05, 4.69) is 6.92 Å². The maximum atomic E-state index is 12.4. The van der Waals surface area contributed by atoms with E-state index in [9.17, 15) is 19.7 Å².